The predicted molar refractivity (Wildman–Crippen MR) is 79.9 cm³/mol. The fraction of sp³-hybridized carbons (Fsp3) is 0.353. The second kappa shape index (κ2) is 4.51. The Morgan fingerprint density at radius 2 is 1.85 bits per heavy atom. The largest absolute Gasteiger partial charge is 0.507 e. The maximum absolute atomic E-state index is 12.6. The Morgan fingerprint density at radius 1 is 1.20 bits per heavy atom. The van der Waals surface area contributed by atoms with Gasteiger partial charge < -0.3 is 10.0 Å². The summed E-state index contributed by atoms with van der Waals surface area (Å²) < 4.78 is 0. The van der Waals surface area contributed by atoms with Crippen LogP contribution in [-0.2, 0) is 0 Å². The van der Waals surface area contributed by atoms with Gasteiger partial charge in [-0.1, -0.05) is 38.1 Å². The molecule has 1 amide bonds. The molecule has 20 heavy (non-hydrogen) atoms. The van der Waals surface area contributed by atoms with Gasteiger partial charge in [0, 0.05) is 13.1 Å². The minimum absolute atomic E-state index is 0.0680. The lowest BCUT2D eigenvalue weighted by Crippen LogP contribution is -2.30. The number of carbonyl (C=O) groups excluding carboxylic acids is 1. The number of phenols is 1. The standard InChI is InChI=1S/C17H19NO2/c1-17(2)7-8-18(11-17)16(20)14-9-12-5-3-4-6-13(12)10-15(14)19/h3-6,9-10,19H,7-8,11H2,1-2H3. The average Bonchev–Trinajstić information content (AvgIpc) is 2.77. The Morgan fingerprint density at radius 3 is 2.45 bits per heavy atom. The van der Waals surface area contributed by atoms with Gasteiger partial charge in [0.1, 0.15) is 5.75 Å². The number of hydrogen-bond donors (Lipinski definition) is 1. The first-order chi connectivity index (χ1) is 9.46. The van der Waals surface area contributed by atoms with E-state index in [1.165, 1.54) is 0 Å². The Labute approximate surface area is 118 Å². The first-order valence-electron chi connectivity index (χ1n) is 6.97. The van der Waals surface area contributed by atoms with Gasteiger partial charge in [0.25, 0.3) is 5.91 Å². The smallest absolute Gasteiger partial charge is 0.257 e. The molecule has 1 heterocycles. The normalized spacial score (nSPS) is 17.6. The van der Waals surface area contributed by atoms with Crippen LogP contribution in [0.5, 0.6) is 5.75 Å². The number of rotatable bonds is 1. The van der Waals surface area contributed by atoms with E-state index in [1.54, 1.807) is 12.1 Å². The number of aromatic hydroxyl groups is 1. The van der Waals surface area contributed by atoms with Crippen molar-refractivity contribution >= 4 is 16.7 Å². The number of nitrogens with zero attached hydrogens (tertiary/aromatic N) is 1. The molecule has 0 atom stereocenters. The second-order valence-corrected chi connectivity index (χ2v) is 6.36. The van der Waals surface area contributed by atoms with Crippen LogP contribution in [0.4, 0.5) is 0 Å². The van der Waals surface area contributed by atoms with Gasteiger partial charge in [0.15, 0.2) is 0 Å². The zero-order valence-electron chi connectivity index (χ0n) is 11.9. The van der Waals surface area contributed by atoms with Crippen molar-refractivity contribution < 1.29 is 9.90 Å². The molecule has 3 nitrogen and oxygen atoms in total. The summed E-state index contributed by atoms with van der Waals surface area (Å²) in [6.45, 7) is 5.84. The summed E-state index contributed by atoms with van der Waals surface area (Å²) >= 11 is 0. The zero-order chi connectivity index (χ0) is 14.3. The predicted octanol–water partition coefficient (Wildman–Crippen LogP) is 3.42. The summed E-state index contributed by atoms with van der Waals surface area (Å²) in [5, 5.41) is 12.0. The van der Waals surface area contributed by atoms with Crippen molar-refractivity contribution in [2.75, 3.05) is 13.1 Å². The van der Waals surface area contributed by atoms with Crippen LogP contribution in [-0.4, -0.2) is 29.0 Å². The summed E-state index contributed by atoms with van der Waals surface area (Å²) in [6, 6.07) is 11.2. The highest BCUT2D eigenvalue weighted by molar-refractivity contribution is 6.01. The van der Waals surface area contributed by atoms with Crippen LogP contribution in [0.1, 0.15) is 30.6 Å². The zero-order valence-corrected chi connectivity index (χ0v) is 11.9. The summed E-state index contributed by atoms with van der Waals surface area (Å²) in [5.74, 6) is -0.00256. The first kappa shape index (κ1) is 13.0. The lowest BCUT2D eigenvalue weighted by molar-refractivity contribution is 0.0775. The molecule has 1 aliphatic rings. The number of amides is 1. The highest BCUT2D eigenvalue weighted by Gasteiger charge is 2.33. The molecule has 1 aliphatic heterocycles. The molecule has 104 valence electrons. The van der Waals surface area contributed by atoms with Crippen LogP contribution >= 0.6 is 0 Å². The van der Waals surface area contributed by atoms with Gasteiger partial charge >= 0.3 is 0 Å². The molecule has 0 bridgehead atoms. The number of likely N-dealkylation sites (tertiary alicyclic amines) is 1. The molecule has 0 radical (unpaired) electrons. The number of hydrogen-bond acceptors (Lipinski definition) is 2. The van der Waals surface area contributed by atoms with E-state index in [0.29, 0.717) is 5.56 Å². The van der Waals surface area contributed by atoms with Crippen molar-refractivity contribution in [3.8, 4) is 5.75 Å². The molecule has 0 spiro atoms. The third-order valence-electron chi connectivity index (χ3n) is 4.06. The first-order valence-corrected chi connectivity index (χ1v) is 6.97. The molecule has 2 aromatic carbocycles. The van der Waals surface area contributed by atoms with Gasteiger partial charge in [-0.25, -0.2) is 0 Å². The molecule has 0 saturated carbocycles. The van der Waals surface area contributed by atoms with E-state index in [-0.39, 0.29) is 17.1 Å². The Bertz CT molecular complexity index is 676. The van der Waals surface area contributed by atoms with E-state index in [0.717, 1.165) is 30.3 Å². The van der Waals surface area contributed by atoms with Crippen molar-refractivity contribution in [1.29, 1.82) is 0 Å². The molecule has 1 saturated heterocycles. The monoisotopic (exact) mass is 269 g/mol. The third-order valence-corrected chi connectivity index (χ3v) is 4.06. The van der Waals surface area contributed by atoms with Crippen molar-refractivity contribution in [3.63, 3.8) is 0 Å². The number of phenolic OH excluding ortho intramolecular Hbond substituents is 1. The van der Waals surface area contributed by atoms with Crippen molar-refractivity contribution in [3.05, 3.63) is 42.0 Å². The van der Waals surface area contributed by atoms with E-state index < -0.39 is 0 Å². The van der Waals surface area contributed by atoms with Crippen molar-refractivity contribution in [2.45, 2.75) is 20.3 Å². The molecule has 1 N–H and O–H groups in total. The van der Waals surface area contributed by atoms with Gasteiger partial charge in [-0.15, -0.1) is 0 Å². The molecular formula is C17H19NO2. The lowest BCUT2D eigenvalue weighted by Gasteiger charge is -2.20. The minimum Gasteiger partial charge on any atom is -0.507 e. The molecule has 2 aromatic rings. The van der Waals surface area contributed by atoms with Gasteiger partial charge in [0.2, 0.25) is 0 Å². The van der Waals surface area contributed by atoms with E-state index >= 15 is 0 Å². The Balaban J connectivity index is 1.97. The van der Waals surface area contributed by atoms with Crippen LogP contribution in [0.25, 0.3) is 10.8 Å². The van der Waals surface area contributed by atoms with Crippen LogP contribution in [0, 0.1) is 5.41 Å². The molecular weight excluding hydrogens is 250 g/mol. The lowest BCUT2D eigenvalue weighted by atomic mass is 9.93. The van der Waals surface area contributed by atoms with Crippen LogP contribution < -0.4 is 0 Å². The fourth-order valence-corrected chi connectivity index (χ4v) is 2.86. The number of benzene rings is 2. The highest BCUT2D eigenvalue weighted by Crippen LogP contribution is 2.32. The molecule has 3 heteroatoms. The summed E-state index contributed by atoms with van der Waals surface area (Å²) in [4.78, 5) is 14.4. The fourth-order valence-electron chi connectivity index (χ4n) is 2.86. The summed E-state index contributed by atoms with van der Waals surface area (Å²) in [5.41, 5.74) is 0.573. The molecule has 1 fully saturated rings. The van der Waals surface area contributed by atoms with Gasteiger partial charge in [-0.05, 0) is 34.7 Å². The van der Waals surface area contributed by atoms with Crippen molar-refractivity contribution in [1.82, 2.24) is 4.90 Å². The van der Waals surface area contributed by atoms with Crippen LogP contribution in [0.15, 0.2) is 36.4 Å². The maximum atomic E-state index is 12.6. The number of fused-ring (bicyclic) bond motifs is 1. The molecule has 0 aromatic heterocycles. The summed E-state index contributed by atoms with van der Waals surface area (Å²) in [7, 11) is 0. The highest BCUT2D eigenvalue weighted by atomic mass is 16.3. The quantitative estimate of drug-likeness (QED) is 0.861. The van der Waals surface area contributed by atoms with E-state index in [2.05, 4.69) is 13.8 Å². The van der Waals surface area contributed by atoms with Crippen LogP contribution in [0.3, 0.4) is 0 Å². The molecule has 0 aliphatic carbocycles. The van der Waals surface area contributed by atoms with Crippen molar-refractivity contribution in [2.24, 2.45) is 5.41 Å². The van der Waals surface area contributed by atoms with E-state index in [4.69, 9.17) is 0 Å². The summed E-state index contributed by atoms with van der Waals surface area (Å²) in [6.07, 6.45) is 1.01. The Kier molecular flexibility index (Phi) is 2.93. The van der Waals surface area contributed by atoms with Gasteiger partial charge in [0.05, 0.1) is 5.56 Å². The average molecular weight is 269 g/mol. The van der Waals surface area contributed by atoms with Gasteiger partial charge in [-0.2, -0.15) is 0 Å². The maximum Gasteiger partial charge on any atom is 0.257 e. The third kappa shape index (κ3) is 2.24. The molecule has 0 unspecified atom stereocenters. The van der Waals surface area contributed by atoms with E-state index in [1.807, 2.05) is 29.2 Å². The Hall–Kier alpha value is -2.03. The van der Waals surface area contributed by atoms with Gasteiger partial charge in [-0.3, -0.25) is 4.79 Å². The van der Waals surface area contributed by atoms with Crippen LogP contribution in [0.2, 0.25) is 0 Å². The van der Waals surface area contributed by atoms with E-state index in [9.17, 15) is 9.90 Å². The second-order valence-electron chi connectivity index (χ2n) is 6.36. The molecule has 3 rings (SSSR count). The minimum atomic E-state index is -0.0705. The SMILES string of the molecule is CC1(C)CCN(C(=O)c2cc3ccccc3cc2O)C1. The topological polar surface area (TPSA) is 40.5 Å². The number of carbonyl (C=O) groups is 1.